The van der Waals surface area contributed by atoms with Crippen LogP contribution >= 0.6 is 0 Å². The summed E-state index contributed by atoms with van der Waals surface area (Å²) in [4.78, 5) is 11.8. The molecule has 2 amide bonds. The van der Waals surface area contributed by atoms with Crippen LogP contribution in [-0.2, 0) is 6.54 Å². The van der Waals surface area contributed by atoms with Crippen molar-refractivity contribution in [3.05, 3.63) is 60.3 Å². The monoisotopic (exact) mass is 285 g/mol. The third-order valence-electron chi connectivity index (χ3n) is 2.87. The molecular weight excluding hydrogens is 273 g/mol. The van der Waals surface area contributed by atoms with E-state index in [1.165, 1.54) is 18.2 Å². The first-order chi connectivity index (χ1) is 10.2. The van der Waals surface area contributed by atoms with Crippen LogP contribution in [0.3, 0.4) is 0 Å². The number of pyridine rings is 1. The summed E-state index contributed by atoms with van der Waals surface area (Å²) in [6, 6.07) is 10.8. The van der Waals surface area contributed by atoms with Gasteiger partial charge in [-0.15, -0.1) is 10.2 Å². The number of rotatable bonds is 3. The van der Waals surface area contributed by atoms with Crippen LogP contribution < -0.4 is 10.6 Å². The number of hydrogen-bond donors (Lipinski definition) is 2. The average molecular weight is 285 g/mol. The van der Waals surface area contributed by atoms with E-state index in [0.29, 0.717) is 17.2 Å². The smallest absolute Gasteiger partial charge is 0.319 e. The Labute approximate surface area is 119 Å². The molecule has 0 aliphatic heterocycles. The number of nitrogens with zero attached hydrogens (tertiary/aromatic N) is 3. The molecule has 3 aromatic rings. The van der Waals surface area contributed by atoms with Crippen molar-refractivity contribution in [3.8, 4) is 0 Å². The summed E-state index contributed by atoms with van der Waals surface area (Å²) in [5.74, 6) is 0.205. The van der Waals surface area contributed by atoms with Crippen molar-refractivity contribution in [1.29, 1.82) is 0 Å². The second kappa shape index (κ2) is 5.58. The quantitative estimate of drug-likeness (QED) is 0.775. The van der Waals surface area contributed by atoms with E-state index in [9.17, 15) is 9.18 Å². The summed E-state index contributed by atoms with van der Waals surface area (Å²) >= 11 is 0. The van der Waals surface area contributed by atoms with Gasteiger partial charge in [0.25, 0.3) is 0 Å². The minimum absolute atomic E-state index is 0.215. The second-order valence-corrected chi connectivity index (χ2v) is 4.36. The predicted molar refractivity (Wildman–Crippen MR) is 75.2 cm³/mol. The number of aromatic nitrogens is 3. The van der Waals surface area contributed by atoms with Crippen molar-refractivity contribution in [2.45, 2.75) is 6.54 Å². The summed E-state index contributed by atoms with van der Waals surface area (Å²) in [6.45, 7) is 0.215. The third kappa shape index (κ3) is 2.97. The number of nitrogens with one attached hydrogen (secondary N) is 2. The number of benzene rings is 1. The molecule has 7 heteroatoms. The molecule has 6 nitrogen and oxygen atoms in total. The van der Waals surface area contributed by atoms with Crippen molar-refractivity contribution < 1.29 is 9.18 Å². The Bertz CT molecular complexity index is 786. The third-order valence-corrected chi connectivity index (χ3v) is 2.87. The number of anilines is 1. The zero-order valence-electron chi connectivity index (χ0n) is 11.0. The minimum atomic E-state index is -0.437. The van der Waals surface area contributed by atoms with Crippen molar-refractivity contribution in [1.82, 2.24) is 19.9 Å². The van der Waals surface area contributed by atoms with E-state index >= 15 is 0 Å². The molecule has 0 atom stereocenters. The number of halogens is 1. The molecule has 0 fully saturated rings. The van der Waals surface area contributed by atoms with Crippen LogP contribution in [0.1, 0.15) is 5.82 Å². The fourth-order valence-corrected chi connectivity index (χ4v) is 1.91. The van der Waals surface area contributed by atoms with E-state index in [4.69, 9.17) is 0 Å². The van der Waals surface area contributed by atoms with Gasteiger partial charge in [-0.1, -0.05) is 12.1 Å². The van der Waals surface area contributed by atoms with Crippen LogP contribution in [0, 0.1) is 5.82 Å². The van der Waals surface area contributed by atoms with Crippen LogP contribution in [-0.4, -0.2) is 20.6 Å². The molecular formula is C14H12FN5O. The van der Waals surface area contributed by atoms with Gasteiger partial charge in [0.2, 0.25) is 0 Å². The highest BCUT2D eigenvalue weighted by atomic mass is 19.1. The van der Waals surface area contributed by atoms with Crippen LogP contribution in [0.4, 0.5) is 14.9 Å². The summed E-state index contributed by atoms with van der Waals surface area (Å²) in [7, 11) is 0. The molecule has 0 saturated carbocycles. The van der Waals surface area contributed by atoms with Crippen molar-refractivity contribution in [3.63, 3.8) is 0 Å². The lowest BCUT2D eigenvalue weighted by molar-refractivity contribution is 0.251. The molecule has 0 spiro atoms. The van der Waals surface area contributed by atoms with Gasteiger partial charge in [0.1, 0.15) is 5.82 Å². The molecule has 0 radical (unpaired) electrons. The number of carbonyl (C=O) groups excluding carboxylic acids is 1. The number of amides is 2. The van der Waals surface area contributed by atoms with E-state index < -0.39 is 11.8 Å². The maximum Gasteiger partial charge on any atom is 0.319 e. The van der Waals surface area contributed by atoms with Crippen LogP contribution in [0.15, 0.2) is 48.7 Å². The lowest BCUT2D eigenvalue weighted by atomic mass is 10.3. The fraction of sp³-hybridized carbons (Fsp3) is 0.0714. The number of hydrogen-bond acceptors (Lipinski definition) is 3. The van der Waals surface area contributed by atoms with Crippen molar-refractivity contribution in [2.75, 3.05) is 5.32 Å². The Morgan fingerprint density at radius 3 is 2.95 bits per heavy atom. The number of fused-ring (bicyclic) bond motifs is 1. The Morgan fingerprint density at radius 2 is 2.10 bits per heavy atom. The molecule has 3 rings (SSSR count). The Kier molecular flexibility index (Phi) is 3.46. The minimum Gasteiger partial charge on any atom is -0.331 e. The maximum absolute atomic E-state index is 13.0. The molecule has 0 saturated heterocycles. The fourth-order valence-electron chi connectivity index (χ4n) is 1.91. The molecule has 0 aliphatic carbocycles. The molecule has 106 valence electrons. The standard InChI is InChI=1S/C14H12FN5O/c15-10-4-3-5-11(8-10)17-14(21)16-9-13-19-18-12-6-1-2-7-20(12)13/h1-8H,9H2,(H2,16,17,21). The summed E-state index contributed by atoms with van der Waals surface area (Å²) < 4.78 is 14.8. The van der Waals surface area contributed by atoms with Gasteiger partial charge < -0.3 is 10.6 Å². The first-order valence-electron chi connectivity index (χ1n) is 6.31. The Morgan fingerprint density at radius 1 is 1.19 bits per heavy atom. The van der Waals surface area contributed by atoms with E-state index in [1.807, 2.05) is 24.4 Å². The first kappa shape index (κ1) is 13.0. The average Bonchev–Trinajstić information content (AvgIpc) is 2.88. The largest absolute Gasteiger partial charge is 0.331 e. The van der Waals surface area contributed by atoms with Crippen LogP contribution in [0.2, 0.25) is 0 Å². The SMILES string of the molecule is O=C(NCc1nnc2ccccn12)Nc1cccc(F)c1. The van der Waals surface area contributed by atoms with Gasteiger partial charge in [0, 0.05) is 11.9 Å². The Balaban J connectivity index is 1.63. The Hall–Kier alpha value is -2.96. The van der Waals surface area contributed by atoms with E-state index in [-0.39, 0.29) is 6.54 Å². The molecule has 2 N–H and O–H groups in total. The molecule has 0 bridgehead atoms. The first-order valence-corrected chi connectivity index (χ1v) is 6.31. The molecule has 0 unspecified atom stereocenters. The molecule has 0 aliphatic rings. The van der Waals surface area contributed by atoms with Gasteiger partial charge in [-0.25, -0.2) is 9.18 Å². The number of urea groups is 1. The summed E-state index contributed by atoms with van der Waals surface area (Å²) in [6.07, 6.45) is 1.82. The molecule has 2 aromatic heterocycles. The van der Waals surface area contributed by atoms with Gasteiger partial charge in [0.15, 0.2) is 11.5 Å². The zero-order valence-corrected chi connectivity index (χ0v) is 11.0. The predicted octanol–water partition coefficient (Wildman–Crippen LogP) is 2.19. The highest BCUT2D eigenvalue weighted by molar-refractivity contribution is 5.89. The molecule has 21 heavy (non-hydrogen) atoms. The lowest BCUT2D eigenvalue weighted by Gasteiger charge is -2.06. The van der Waals surface area contributed by atoms with Gasteiger partial charge >= 0.3 is 6.03 Å². The van der Waals surface area contributed by atoms with Crippen LogP contribution in [0.5, 0.6) is 0 Å². The molecule has 2 heterocycles. The normalized spacial score (nSPS) is 10.5. The maximum atomic E-state index is 13.0. The van der Waals surface area contributed by atoms with Crippen molar-refractivity contribution in [2.24, 2.45) is 0 Å². The van der Waals surface area contributed by atoms with E-state index in [0.717, 1.165) is 0 Å². The summed E-state index contributed by atoms with van der Waals surface area (Å²) in [5.41, 5.74) is 1.10. The van der Waals surface area contributed by atoms with E-state index in [1.54, 1.807) is 10.5 Å². The lowest BCUT2D eigenvalue weighted by Crippen LogP contribution is -2.29. The highest BCUT2D eigenvalue weighted by Crippen LogP contribution is 2.08. The van der Waals surface area contributed by atoms with Crippen LogP contribution in [0.25, 0.3) is 5.65 Å². The van der Waals surface area contributed by atoms with Gasteiger partial charge in [-0.05, 0) is 30.3 Å². The van der Waals surface area contributed by atoms with Gasteiger partial charge in [-0.3, -0.25) is 4.40 Å². The van der Waals surface area contributed by atoms with Gasteiger partial charge in [0.05, 0.1) is 6.54 Å². The van der Waals surface area contributed by atoms with Gasteiger partial charge in [-0.2, -0.15) is 0 Å². The van der Waals surface area contributed by atoms with E-state index in [2.05, 4.69) is 20.8 Å². The highest BCUT2D eigenvalue weighted by Gasteiger charge is 2.07. The number of carbonyl (C=O) groups is 1. The zero-order chi connectivity index (χ0) is 14.7. The van der Waals surface area contributed by atoms with Crippen molar-refractivity contribution >= 4 is 17.4 Å². The topological polar surface area (TPSA) is 71.3 Å². The second-order valence-electron chi connectivity index (χ2n) is 4.36. The summed E-state index contributed by atoms with van der Waals surface area (Å²) in [5, 5.41) is 13.2. The molecule has 1 aromatic carbocycles.